The Labute approximate surface area is 128 Å². The van der Waals surface area contributed by atoms with E-state index in [1.807, 2.05) is 19.1 Å². The summed E-state index contributed by atoms with van der Waals surface area (Å²) in [7, 11) is 0. The van der Waals surface area contributed by atoms with Crippen molar-refractivity contribution in [2.75, 3.05) is 13.2 Å². The minimum absolute atomic E-state index is 0.352. The standard InChI is InChI=1S/C19H25NO/c1-4-21-19-10-8-18(9-11-19)16(3)20-13-12-17-7-5-6-15(2)14-17/h5-11,14,16,20H,4,12-13H2,1-3H3. The number of benzene rings is 2. The summed E-state index contributed by atoms with van der Waals surface area (Å²) in [5.74, 6) is 0.938. The number of aryl methyl sites for hydroxylation is 1. The molecule has 2 heteroatoms. The molecule has 1 atom stereocenters. The van der Waals surface area contributed by atoms with Crippen LogP contribution in [-0.4, -0.2) is 13.2 Å². The summed E-state index contributed by atoms with van der Waals surface area (Å²) in [4.78, 5) is 0. The van der Waals surface area contributed by atoms with E-state index in [-0.39, 0.29) is 0 Å². The predicted molar refractivity (Wildman–Crippen MR) is 88.9 cm³/mol. The zero-order valence-electron chi connectivity index (χ0n) is 13.2. The minimum atomic E-state index is 0.352. The summed E-state index contributed by atoms with van der Waals surface area (Å²) >= 11 is 0. The van der Waals surface area contributed by atoms with Gasteiger partial charge >= 0.3 is 0 Å². The van der Waals surface area contributed by atoms with E-state index in [4.69, 9.17) is 4.74 Å². The van der Waals surface area contributed by atoms with Crippen LogP contribution in [0.15, 0.2) is 48.5 Å². The number of ether oxygens (including phenoxy) is 1. The molecule has 0 fully saturated rings. The van der Waals surface area contributed by atoms with Crippen LogP contribution < -0.4 is 10.1 Å². The van der Waals surface area contributed by atoms with E-state index in [9.17, 15) is 0 Å². The molecule has 1 unspecified atom stereocenters. The van der Waals surface area contributed by atoms with Gasteiger partial charge < -0.3 is 10.1 Å². The molecule has 0 aliphatic carbocycles. The highest BCUT2D eigenvalue weighted by atomic mass is 16.5. The van der Waals surface area contributed by atoms with E-state index in [1.165, 1.54) is 16.7 Å². The van der Waals surface area contributed by atoms with Crippen molar-refractivity contribution in [3.05, 3.63) is 65.2 Å². The van der Waals surface area contributed by atoms with Crippen molar-refractivity contribution in [1.29, 1.82) is 0 Å². The van der Waals surface area contributed by atoms with Gasteiger partial charge in [-0.1, -0.05) is 42.0 Å². The van der Waals surface area contributed by atoms with Crippen LogP contribution in [-0.2, 0) is 6.42 Å². The van der Waals surface area contributed by atoms with Gasteiger partial charge in [-0.25, -0.2) is 0 Å². The average Bonchev–Trinajstić information content (AvgIpc) is 2.48. The molecule has 0 bridgehead atoms. The van der Waals surface area contributed by atoms with Gasteiger partial charge in [-0.05, 0) is 57.0 Å². The fraction of sp³-hybridized carbons (Fsp3) is 0.368. The van der Waals surface area contributed by atoms with E-state index < -0.39 is 0 Å². The summed E-state index contributed by atoms with van der Waals surface area (Å²) in [5.41, 5.74) is 4.01. The first-order chi connectivity index (χ1) is 10.2. The van der Waals surface area contributed by atoms with Gasteiger partial charge in [0.05, 0.1) is 6.61 Å². The average molecular weight is 283 g/mol. The third kappa shape index (κ3) is 4.91. The lowest BCUT2D eigenvalue weighted by Crippen LogP contribution is -2.21. The molecule has 112 valence electrons. The molecule has 0 radical (unpaired) electrons. The van der Waals surface area contributed by atoms with Crippen LogP contribution in [0.2, 0.25) is 0 Å². The maximum Gasteiger partial charge on any atom is 0.119 e. The van der Waals surface area contributed by atoms with Crippen LogP contribution in [0.25, 0.3) is 0 Å². The zero-order chi connectivity index (χ0) is 15.1. The molecule has 0 saturated carbocycles. The van der Waals surface area contributed by atoms with Crippen LogP contribution in [0.3, 0.4) is 0 Å². The highest BCUT2D eigenvalue weighted by Crippen LogP contribution is 2.17. The molecule has 0 spiro atoms. The molecule has 0 aliphatic rings. The summed E-state index contributed by atoms with van der Waals surface area (Å²) in [6.45, 7) is 8.04. The second-order valence-electron chi connectivity index (χ2n) is 5.42. The van der Waals surface area contributed by atoms with E-state index in [2.05, 4.69) is 55.6 Å². The molecular formula is C19H25NO. The van der Waals surface area contributed by atoms with Crippen molar-refractivity contribution in [2.45, 2.75) is 33.2 Å². The lowest BCUT2D eigenvalue weighted by atomic mass is 10.1. The molecule has 1 N–H and O–H groups in total. The minimum Gasteiger partial charge on any atom is -0.494 e. The third-order valence-corrected chi connectivity index (χ3v) is 3.64. The van der Waals surface area contributed by atoms with Crippen molar-refractivity contribution in [2.24, 2.45) is 0 Å². The zero-order valence-corrected chi connectivity index (χ0v) is 13.2. The van der Waals surface area contributed by atoms with E-state index in [0.29, 0.717) is 12.6 Å². The molecule has 2 aromatic rings. The van der Waals surface area contributed by atoms with Gasteiger partial charge in [-0.2, -0.15) is 0 Å². The number of hydrogen-bond donors (Lipinski definition) is 1. The van der Waals surface area contributed by atoms with Crippen molar-refractivity contribution in [3.8, 4) is 5.75 Å². The highest BCUT2D eigenvalue weighted by Gasteiger charge is 2.04. The first-order valence-corrected chi connectivity index (χ1v) is 7.70. The smallest absolute Gasteiger partial charge is 0.119 e. The maximum atomic E-state index is 5.47. The number of rotatable bonds is 7. The first-order valence-electron chi connectivity index (χ1n) is 7.70. The Bertz CT molecular complexity index is 548. The fourth-order valence-corrected chi connectivity index (χ4v) is 2.44. The Hall–Kier alpha value is -1.80. The molecule has 21 heavy (non-hydrogen) atoms. The maximum absolute atomic E-state index is 5.47. The molecule has 2 rings (SSSR count). The summed E-state index contributed by atoms with van der Waals surface area (Å²) < 4.78 is 5.47. The second kappa shape index (κ2) is 7.84. The molecule has 0 aromatic heterocycles. The van der Waals surface area contributed by atoms with E-state index >= 15 is 0 Å². The first kappa shape index (κ1) is 15.6. The molecular weight excluding hydrogens is 258 g/mol. The summed E-state index contributed by atoms with van der Waals surface area (Å²) in [6, 6.07) is 17.4. The summed E-state index contributed by atoms with van der Waals surface area (Å²) in [6.07, 6.45) is 1.06. The molecule has 2 aromatic carbocycles. The molecule has 0 heterocycles. The van der Waals surface area contributed by atoms with Crippen molar-refractivity contribution in [3.63, 3.8) is 0 Å². The van der Waals surface area contributed by atoms with Gasteiger partial charge in [0, 0.05) is 6.04 Å². The van der Waals surface area contributed by atoms with Crippen molar-refractivity contribution >= 4 is 0 Å². The van der Waals surface area contributed by atoms with Gasteiger partial charge in [0.1, 0.15) is 5.75 Å². The van der Waals surface area contributed by atoms with Crippen LogP contribution in [0.1, 0.15) is 36.6 Å². The Morgan fingerprint density at radius 1 is 1.10 bits per heavy atom. The SMILES string of the molecule is CCOc1ccc(C(C)NCCc2cccc(C)c2)cc1. The largest absolute Gasteiger partial charge is 0.494 e. The normalized spacial score (nSPS) is 12.1. The summed E-state index contributed by atoms with van der Waals surface area (Å²) in [5, 5.41) is 3.58. The quantitative estimate of drug-likeness (QED) is 0.818. The number of nitrogens with one attached hydrogen (secondary N) is 1. The van der Waals surface area contributed by atoms with Crippen molar-refractivity contribution < 1.29 is 4.74 Å². The Balaban J connectivity index is 1.82. The highest BCUT2D eigenvalue weighted by molar-refractivity contribution is 5.29. The Morgan fingerprint density at radius 3 is 2.52 bits per heavy atom. The van der Waals surface area contributed by atoms with Crippen LogP contribution in [0.5, 0.6) is 5.75 Å². The monoisotopic (exact) mass is 283 g/mol. The number of hydrogen-bond acceptors (Lipinski definition) is 2. The van der Waals surface area contributed by atoms with Crippen LogP contribution in [0, 0.1) is 6.92 Å². The van der Waals surface area contributed by atoms with Crippen molar-refractivity contribution in [1.82, 2.24) is 5.32 Å². The lowest BCUT2D eigenvalue weighted by molar-refractivity contribution is 0.340. The van der Waals surface area contributed by atoms with Gasteiger partial charge in [0.2, 0.25) is 0 Å². The second-order valence-corrected chi connectivity index (χ2v) is 5.42. The third-order valence-electron chi connectivity index (χ3n) is 3.64. The molecule has 0 aliphatic heterocycles. The molecule has 0 amide bonds. The van der Waals surface area contributed by atoms with E-state index in [0.717, 1.165) is 18.7 Å². The van der Waals surface area contributed by atoms with Crippen LogP contribution in [0.4, 0.5) is 0 Å². The van der Waals surface area contributed by atoms with Gasteiger partial charge in [-0.3, -0.25) is 0 Å². The lowest BCUT2D eigenvalue weighted by Gasteiger charge is -2.15. The predicted octanol–water partition coefficient (Wildman–Crippen LogP) is 4.29. The van der Waals surface area contributed by atoms with Gasteiger partial charge in [-0.15, -0.1) is 0 Å². The molecule has 2 nitrogen and oxygen atoms in total. The van der Waals surface area contributed by atoms with Gasteiger partial charge in [0.15, 0.2) is 0 Å². The van der Waals surface area contributed by atoms with Gasteiger partial charge in [0.25, 0.3) is 0 Å². The van der Waals surface area contributed by atoms with E-state index in [1.54, 1.807) is 0 Å². The van der Waals surface area contributed by atoms with Crippen LogP contribution >= 0.6 is 0 Å². The topological polar surface area (TPSA) is 21.3 Å². The molecule has 0 saturated heterocycles. The Kier molecular flexibility index (Phi) is 5.82. The fourth-order valence-electron chi connectivity index (χ4n) is 2.44. The Morgan fingerprint density at radius 2 is 1.86 bits per heavy atom.